The molecule has 4 rings (SSSR count). The molecule has 0 heterocycles. The Morgan fingerprint density at radius 3 is 2.16 bits per heavy atom. The fourth-order valence-corrected chi connectivity index (χ4v) is 4.44. The molecule has 0 spiro atoms. The van der Waals surface area contributed by atoms with Crippen LogP contribution in [-0.4, -0.2) is 28.6 Å². The van der Waals surface area contributed by atoms with Gasteiger partial charge in [0.05, 0.1) is 16.9 Å². The van der Waals surface area contributed by atoms with Crippen LogP contribution in [0.3, 0.4) is 0 Å². The van der Waals surface area contributed by atoms with E-state index in [1.54, 1.807) is 6.92 Å². The number of aromatic carboxylic acids is 1. The Hall–Kier alpha value is -4.00. The summed E-state index contributed by atoms with van der Waals surface area (Å²) in [5.41, 5.74) is 3.93. The number of benzene rings is 3. The molecule has 0 amide bonds. The Bertz CT molecular complexity index is 1140. The summed E-state index contributed by atoms with van der Waals surface area (Å²) in [7, 11) is 0. The first-order valence-electron chi connectivity index (χ1n) is 10.2. The Morgan fingerprint density at radius 2 is 1.59 bits per heavy atom. The van der Waals surface area contributed by atoms with Gasteiger partial charge in [0.2, 0.25) is 0 Å². The van der Waals surface area contributed by atoms with E-state index < -0.39 is 22.8 Å². The first-order chi connectivity index (χ1) is 15.4. The van der Waals surface area contributed by atoms with E-state index in [2.05, 4.69) is 0 Å². The third-order valence-corrected chi connectivity index (χ3v) is 5.85. The minimum absolute atomic E-state index is 0.0264. The molecule has 0 radical (unpaired) electrons. The van der Waals surface area contributed by atoms with Crippen molar-refractivity contribution >= 4 is 17.6 Å². The van der Waals surface area contributed by atoms with Crippen molar-refractivity contribution in [2.75, 3.05) is 6.61 Å². The van der Waals surface area contributed by atoms with Gasteiger partial charge < -0.3 is 9.84 Å². The lowest BCUT2D eigenvalue weighted by atomic mass is 9.91. The van der Waals surface area contributed by atoms with Gasteiger partial charge in [-0.15, -0.1) is 0 Å². The highest BCUT2D eigenvalue weighted by molar-refractivity contribution is 5.91. The second-order valence-electron chi connectivity index (χ2n) is 7.82. The largest absolute Gasteiger partial charge is 0.478 e. The Labute approximate surface area is 184 Å². The molecule has 3 aromatic rings. The van der Waals surface area contributed by atoms with Crippen LogP contribution in [0.5, 0.6) is 0 Å². The zero-order valence-electron chi connectivity index (χ0n) is 17.4. The minimum Gasteiger partial charge on any atom is -0.478 e. The van der Waals surface area contributed by atoms with Crippen molar-refractivity contribution in [3.63, 3.8) is 0 Å². The summed E-state index contributed by atoms with van der Waals surface area (Å²) < 4.78 is 5.58. The molecule has 0 aliphatic heterocycles. The second kappa shape index (κ2) is 8.63. The second-order valence-corrected chi connectivity index (χ2v) is 7.82. The van der Waals surface area contributed by atoms with Crippen molar-refractivity contribution in [1.29, 1.82) is 0 Å². The number of ether oxygens (including phenoxy) is 1. The van der Waals surface area contributed by atoms with Gasteiger partial charge in [0.1, 0.15) is 6.61 Å². The van der Waals surface area contributed by atoms with E-state index in [0.717, 1.165) is 22.3 Å². The van der Waals surface area contributed by atoms with Gasteiger partial charge in [0.15, 0.2) is 0 Å². The van der Waals surface area contributed by atoms with E-state index in [4.69, 9.17) is 4.74 Å². The van der Waals surface area contributed by atoms with Crippen molar-refractivity contribution in [2.24, 2.45) is 0 Å². The maximum Gasteiger partial charge on any atom is 0.336 e. The van der Waals surface area contributed by atoms with Gasteiger partial charge in [-0.3, -0.25) is 14.9 Å². The van der Waals surface area contributed by atoms with Crippen molar-refractivity contribution < 1.29 is 24.4 Å². The minimum atomic E-state index is -1.27. The molecule has 7 nitrogen and oxygen atoms in total. The SMILES string of the molecule is CC(CC(=O)OCC1c2ccccc2-c2ccccc21)c1c(C(=O)O)cccc1[N+](=O)[O-]. The Morgan fingerprint density at radius 1 is 1.00 bits per heavy atom. The van der Waals surface area contributed by atoms with Crippen LogP contribution in [0.25, 0.3) is 11.1 Å². The van der Waals surface area contributed by atoms with Crippen molar-refractivity contribution in [3.05, 3.63) is 99.1 Å². The number of nitrogens with zero attached hydrogens (tertiary/aromatic N) is 1. The number of carbonyl (C=O) groups excluding carboxylic acids is 1. The number of carbonyl (C=O) groups is 2. The number of hydrogen-bond donors (Lipinski definition) is 1. The van der Waals surface area contributed by atoms with Gasteiger partial charge in [-0.1, -0.05) is 61.5 Å². The number of fused-ring (bicyclic) bond motifs is 3. The molecular weight excluding hydrogens is 410 g/mol. The van der Waals surface area contributed by atoms with Gasteiger partial charge in [0, 0.05) is 17.5 Å². The lowest BCUT2D eigenvalue weighted by Gasteiger charge is -2.17. The van der Waals surface area contributed by atoms with Crippen LogP contribution in [0.2, 0.25) is 0 Å². The zero-order valence-corrected chi connectivity index (χ0v) is 17.4. The lowest BCUT2D eigenvalue weighted by molar-refractivity contribution is -0.385. The van der Waals surface area contributed by atoms with Gasteiger partial charge in [-0.05, 0) is 34.2 Å². The monoisotopic (exact) mass is 431 g/mol. The van der Waals surface area contributed by atoms with E-state index in [1.807, 2.05) is 48.5 Å². The zero-order chi connectivity index (χ0) is 22.8. The van der Waals surface area contributed by atoms with Crippen LogP contribution in [0.1, 0.15) is 52.2 Å². The molecule has 3 aromatic carbocycles. The molecule has 1 N–H and O–H groups in total. The molecule has 1 unspecified atom stereocenters. The van der Waals surface area contributed by atoms with Gasteiger partial charge in [-0.25, -0.2) is 4.79 Å². The molecule has 1 aliphatic rings. The molecular formula is C25H21NO6. The summed E-state index contributed by atoms with van der Waals surface area (Å²) >= 11 is 0. The first kappa shape index (κ1) is 21.2. The predicted octanol–water partition coefficient (Wildman–Crippen LogP) is 5.14. The van der Waals surface area contributed by atoms with Gasteiger partial charge in [0.25, 0.3) is 5.69 Å². The topological polar surface area (TPSA) is 107 Å². The fraction of sp³-hybridized carbons (Fsp3) is 0.200. The maximum absolute atomic E-state index is 12.6. The van der Waals surface area contributed by atoms with Crippen molar-refractivity contribution in [1.82, 2.24) is 0 Å². The van der Waals surface area contributed by atoms with Crippen LogP contribution in [-0.2, 0) is 9.53 Å². The summed E-state index contributed by atoms with van der Waals surface area (Å²) in [6.07, 6.45) is -0.166. The van der Waals surface area contributed by atoms with Gasteiger partial charge >= 0.3 is 11.9 Å². The normalized spacial score (nSPS) is 13.2. The summed E-state index contributed by atoms with van der Waals surface area (Å²) in [5, 5.41) is 20.9. The van der Waals surface area contributed by atoms with E-state index in [1.165, 1.54) is 18.2 Å². The number of carboxylic acids is 1. The third kappa shape index (κ3) is 3.85. The number of nitro benzene ring substituents is 1. The Balaban J connectivity index is 1.51. The summed E-state index contributed by atoms with van der Waals surface area (Å²) in [6, 6.07) is 19.8. The number of nitro groups is 1. The molecule has 1 aliphatic carbocycles. The van der Waals surface area contributed by atoms with E-state index in [9.17, 15) is 24.8 Å². The number of hydrogen-bond acceptors (Lipinski definition) is 5. The van der Waals surface area contributed by atoms with Crippen LogP contribution >= 0.6 is 0 Å². The quantitative estimate of drug-likeness (QED) is 0.315. The smallest absolute Gasteiger partial charge is 0.336 e. The standard InChI is InChI=1S/C25H21NO6/c1-15(24-20(25(28)29)11-6-12-22(24)26(30)31)13-23(27)32-14-21-18-9-4-2-7-16(18)17-8-3-5-10-19(17)21/h2-12,15,21H,13-14H2,1H3,(H,28,29). The highest BCUT2D eigenvalue weighted by Gasteiger charge is 2.30. The Kier molecular flexibility index (Phi) is 5.73. The van der Waals surface area contributed by atoms with Crippen LogP contribution in [0, 0.1) is 10.1 Å². The summed E-state index contributed by atoms with van der Waals surface area (Å²) in [5.74, 6) is -2.60. The predicted molar refractivity (Wildman–Crippen MR) is 118 cm³/mol. The fourth-order valence-electron chi connectivity index (χ4n) is 4.44. The van der Waals surface area contributed by atoms with Gasteiger partial charge in [-0.2, -0.15) is 0 Å². The van der Waals surface area contributed by atoms with E-state index in [-0.39, 0.29) is 35.8 Å². The van der Waals surface area contributed by atoms with Crippen LogP contribution in [0.4, 0.5) is 5.69 Å². The van der Waals surface area contributed by atoms with Crippen molar-refractivity contribution in [2.45, 2.75) is 25.2 Å². The van der Waals surface area contributed by atoms with Crippen LogP contribution < -0.4 is 0 Å². The molecule has 162 valence electrons. The van der Waals surface area contributed by atoms with E-state index in [0.29, 0.717) is 0 Å². The summed E-state index contributed by atoms with van der Waals surface area (Å²) in [4.78, 5) is 35.0. The molecule has 32 heavy (non-hydrogen) atoms. The third-order valence-electron chi connectivity index (χ3n) is 5.85. The molecule has 0 fully saturated rings. The molecule has 7 heteroatoms. The van der Waals surface area contributed by atoms with Crippen molar-refractivity contribution in [3.8, 4) is 11.1 Å². The first-order valence-corrected chi connectivity index (χ1v) is 10.2. The highest BCUT2D eigenvalue weighted by atomic mass is 16.6. The lowest BCUT2D eigenvalue weighted by Crippen LogP contribution is -2.16. The number of esters is 1. The van der Waals surface area contributed by atoms with E-state index >= 15 is 0 Å². The molecule has 1 atom stereocenters. The average Bonchev–Trinajstić information content (AvgIpc) is 3.10. The molecule has 0 saturated carbocycles. The number of rotatable bonds is 7. The number of carboxylic acid groups (broad SMARTS) is 1. The molecule has 0 aromatic heterocycles. The molecule has 0 saturated heterocycles. The maximum atomic E-state index is 12.6. The highest BCUT2D eigenvalue weighted by Crippen LogP contribution is 2.44. The molecule has 0 bridgehead atoms. The van der Waals surface area contributed by atoms with Crippen LogP contribution in [0.15, 0.2) is 66.7 Å². The summed E-state index contributed by atoms with van der Waals surface area (Å²) in [6.45, 7) is 1.73. The average molecular weight is 431 g/mol.